The van der Waals surface area contributed by atoms with Crippen molar-refractivity contribution >= 4 is 33.7 Å². The number of carbonyl (C=O) groups is 1. The fraction of sp³-hybridized carbons (Fsp3) is 0.100. The number of benzene rings is 1. The number of hydrogen-bond acceptors (Lipinski definition) is 2. The zero-order valence-corrected chi connectivity index (χ0v) is 8.99. The topological polar surface area (TPSA) is 63.3 Å². The van der Waals surface area contributed by atoms with E-state index < -0.39 is 5.97 Å². The van der Waals surface area contributed by atoms with Crippen molar-refractivity contribution in [2.24, 2.45) is 0 Å². The molecule has 0 radical (unpaired) electrons. The number of allylic oxidation sites excluding steroid dienone is 1. The number of carboxylic acids is 1. The molecule has 3 nitrogen and oxygen atoms in total. The smallest absolute Gasteiger partial charge is 0.335 e. The van der Waals surface area contributed by atoms with Crippen LogP contribution >= 0.6 is 15.9 Å². The minimum atomic E-state index is -0.946. The first-order valence-electron chi connectivity index (χ1n) is 4.00. The summed E-state index contributed by atoms with van der Waals surface area (Å²) < 4.78 is 0. The van der Waals surface area contributed by atoms with Crippen molar-refractivity contribution in [3.05, 3.63) is 35.4 Å². The Labute approximate surface area is 90.4 Å². The van der Waals surface area contributed by atoms with E-state index in [4.69, 9.17) is 10.8 Å². The number of aromatic carboxylic acids is 1. The number of nitrogens with two attached hydrogens (primary N) is 1. The van der Waals surface area contributed by atoms with Gasteiger partial charge in [-0.25, -0.2) is 4.79 Å². The molecule has 14 heavy (non-hydrogen) atoms. The highest BCUT2D eigenvalue weighted by Gasteiger charge is 2.04. The van der Waals surface area contributed by atoms with Crippen molar-refractivity contribution in [2.75, 3.05) is 11.1 Å². The maximum absolute atomic E-state index is 10.7. The zero-order valence-electron chi connectivity index (χ0n) is 7.40. The van der Waals surface area contributed by atoms with Gasteiger partial charge in [-0.2, -0.15) is 0 Å². The molecule has 0 saturated heterocycles. The van der Waals surface area contributed by atoms with E-state index in [-0.39, 0.29) is 5.56 Å². The number of alkyl halides is 1. The first-order valence-corrected chi connectivity index (χ1v) is 5.12. The zero-order chi connectivity index (χ0) is 10.6. The predicted molar refractivity (Wildman–Crippen MR) is 60.6 cm³/mol. The van der Waals surface area contributed by atoms with Gasteiger partial charge in [0.25, 0.3) is 0 Å². The van der Waals surface area contributed by atoms with Crippen LogP contribution in [0.15, 0.2) is 24.3 Å². The maximum Gasteiger partial charge on any atom is 0.335 e. The Hall–Kier alpha value is -1.29. The van der Waals surface area contributed by atoms with E-state index in [1.54, 1.807) is 18.2 Å². The Morgan fingerprint density at radius 1 is 1.57 bits per heavy atom. The van der Waals surface area contributed by atoms with Gasteiger partial charge in [-0.05, 0) is 23.8 Å². The minimum Gasteiger partial charge on any atom is -0.478 e. The van der Waals surface area contributed by atoms with Gasteiger partial charge >= 0.3 is 5.97 Å². The Kier molecular flexibility index (Phi) is 3.71. The lowest BCUT2D eigenvalue weighted by molar-refractivity contribution is 0.0697. The summed E-state index contributed by atoms with van der Waals surface area (Å²) in [6, 6.07) is 4.64. The summed E-state index contributed by atoms with van der Waals surface area (Å²) in [5.74, 6) is -0.946. The van der Waals surface area contributed by atoms with Gasteiger partial charge in [0, 0.05) is 11.0 Å². The van der Waals surface area contributed by atoms with Crippen molar-refractivity contribution in [3.8, 4) is 0 Å². The first-order chi connectivity index (χ1) is 6.65. The van der Waals surface area contributed by atoms with E-state index in [1.807, 2.05) is 6.08 Å². The Morgan fingerprint density at radius 2 is 2.29 bits per heavy atom. The molecule has 0 atom stereocenters. The molecule has 0 aliphatic rings. The number of nitrogen functional groups attached to an aromatic ring is 1. The van der Waals surface area contributed by atoms with E-state index in [0.29, 0.717) is 11.0 Å². The van der Waals surface area contributed by atoms with E-state index in [2.05, 4.69) is 15.9 Å². The molecule has 0 unspecified atom stereocenters. The van der Waals surface area contributed by atoms with Crippen LogP contribution in [-0.4, -0.2) is 16.4 Å². The fourth-order valence-corrected chi connectivity index (χ4v) is 1.21. The van der Waals surface area contributed by atoms with E-state index in [0.717, 1.165) is 5.56 Å². The van der Waals surface area contributed by atoms with Gasteiger partial charge in [0.1, 0.15) is 0 Å². The standard InChI is InChI=1S/C10H10BrNO2/c11-5-1-2-7-6-8(10(13)14)3-4-9(7)12/h1-4,6H,5,12H2,(H,13,14). The maximum atomic E-state index is 10.7. The van der Waals surface area contributed by atoms with Crippen molar-refractivity contribution in [2.45, 2.75) is 0 Å². The van der Waals surface area contributed by atoms with Crippen LogP contribution in [0.5, 0.6) is 0 Å². The minimum absolute atomic E-state index is 0.244. The summed E-state index contributed by atoms with van der Waals surface area (Å²) >= 11 is 3.23. The number of carboxylic acid groups (broad SMARTS) is 1. The molecule has 0 heterocycles. The van der Waals surface area contributed by atoms with E-state index in [1.165, 1.54) is 6.07 Å². The molecular weight excluding hydrogens is 246 g/mol. The SMILES string of the molecule is Nc1ccc(C(=O)O)cc1C=CCBr. The second-order valence-corrected chi connectivity index (χ2v) is 3.35. The van der Waals surface area contributed by atoms with Crippen LogP contribution in [0.2, 0.25) is 0 Å². The summed E-state index contributed by atoms with van der Waals surface area (Å²) in [7, 11) is 0. The lowest BCUT2D eigenvalue weighted by Gasteiger charge is -2.01. The van der Waals surface area contributed by atoms with Gasteiger partial charge in [0.2, 0.25) is 0 Å². The lowest BCUT2D eigenvalue weighted by atomic mass is 10.1. The van der Waals surface area contributed by atoms with Crippen molar-refractivity contribution in [1.82, 2.24) is 0 Å². The third kappa shape index (κ3) is 2.60. The highest BCUT2D eigenvalue weighted by Crippen LogP contribution is 2.16. The summed E-state index contributed by atoms with van der Waals surface area (Å²) in [4.78, 5) is 10.7. The van der Waals surface area contributed by atoms with Gasteiger partial charge in [-0.15, -0.1) is 0 Å². The molecule has 1 aromatic rings. The quantitative estimate of drug-likeness (QED) is 0.644. The number of hydrogen-bond donors (Lipinski definition) is 2. The van der Waals surface area contributed by atoms with Gasteiger partial charge in [-0.1, -0.05) is 28.1 Å². The molecule has 0 aliphatic heterocycles. The Morgan fingerprint density at radius 3 is 2.86 bits per heavy atom. The normalized spacial score (nSPS) is 10.6. The summed E-state index contributed by atoms with van der Waals surface area (Å²) in [5.41, 5.74) is 7.22. The predicted octanol–water partition coefficient (Wildman–Crippen LogP) is 2.38. The molecule has 3 N–H and O–H groups in total. The monoisotopic (exact) mass is 255 g/mol. The molecule has 1 rings (SSSR count). The molecule has 0 aromatic heterocycles. The third-order valence-electron chi connectivity index (χ3n) is 1.72. The van der Waals surface area contributed by atoms with Crippen LogP contribution in [0.4, 0.5) is 5.69 Å². The van der Waals surface area contributed by atoms with Crippen molar-refractivity contribution < 1.29 is 9.90 Å². The molecule has 0 aliphatic carbocycles. The van der Waals surface area contributed by atoms with Gasteiger partial charge < -0.3 is 10.8 Å². The fourth-order valence-electron chi connectivity index (χ4n) is 1.02. The molecule has 0 fully saturated rings. The van der Waals surface area contributed by atoms with Crippen molar-refractivity contribution in [1.29, 1.82) is 0 Å². The largest absolute Gasteiger partial charge is 0.478 e. The Bertz CT molecular complexity index is 374. The number of anilines is 1. The van der Waals surface area contributed by atoms with Crippen LogP contribution in [-0.2, 0) is 0 Å². The molecule has 4 heteroatoms. The van der Waals surface area contributed by atoms with Crippen LogP contribution in [0.1, 0.15) is 15.9 Å². The summed E-state index contributed by atoms with van der Waals surface area (Å²) in [6.45, 7) is 0. The molecule has 0 saturated carbocycles. The van der Waals surface area contributed by atoms with Crippen LogP contribution in [0, 0.1) is 0 Å². The lowest BCUT2D eigenvalue weighted by Crippen LogP contribution is -1.98. The first kappa shape index (κ1) is 10.8. The molecule has 0 spiro atoms. The van der Waals surface area contributed by atoms with Gasteiger partial charge in [-0.3, -0.25) is 0 Å². The molecular formula is C10H10BrNO2. The summed E-state index contributed by atoms with van der Waals surface area (Å²) in [6.07, 6.45) is 3.65. The van der Waals surface area contributed by atoms with Gasteiger partial charge in [0.05, 0.1) is 5.56 Å². The number of halogens is 1. The van der Waals surface area contributed by atoms with Crippen LogP contribution in [0.25, 0.3) is 6.08 Å². The van der Waals surface area contributed by atoms with E-state index >= 15 is 0 Å². The van der Waals surface area contributed by atoms with Gasteiger partial charge in [0.15, 0.2) is 0 Å². The van der Waals surface area contributed by atoms with Crippen molar-refractivity contribution in [3.63, 3.8) is 0 Å². The molecule has 1 aromatic carbocycles. The third-order valence-corrected chi connectivity index (χ3v) is 2.09. The van der Waals surface area contributed by atoms with Crippen LogP contribution < -0.4 is 5.73 Å². The second-order valence-electron chi connectivity index (χ2n) is 2.71. The summed E-state index contributed by atoms with van der Waals surface area (Å²) in [5, 5.41) is 9.46. The molecule has 0 amide bonds. The number of rotatable bonds is 3. The average molecular weight is 256 g/mol. The molecule has 0 bridgehead atoms. The van der Waals surface area contributed by atoms with Crippen LogP contribution in [0.3, 0.4) is 0 Å². The molecule has 74 valence electrons. The van der Waals surface area contributed by atoms with E-state index in [9.17, 15) is 4.79 Å². The Balaban J connectivity index is 3.08. The highest BCUT2D eigenvalue weighted by molar-refractivity contribution is 9.09. The highest BCUT2D eigenvalue weighted by atomic mass is 79.9. The second kappa shape index (κ2) is 4.81. The average Bonchev–Trinajstić information content (AvgIpc) is 2.16.